The summed E-state index contributed by atoms with van der Waals surface area (Å²) < 4.78 is 23.9. The number of hydrogen-bond donors (Lipinski definition) is 1. The first-order valence-electron chi connectivity index (χ1n) is 5.29. The smallest absolute Gasteiger partial charge is 0.223 e. The van der Waals surface area contributed by atoms with Gasteiger partial charge in [-0.3, -0.25) is 4.79 Å². The lowest BCUT2D eigenvalue weighted by molar-refractivity contribution is -0.122. The van der Waals surface area contributed by atoms with Crippen LogP contribution in [0.1, 0.15) is 12.8 Å². The molecule has 0 aromatic carbocycles. The number of hydrogen-bond acceptors (Lipinski definition) is 3. The zero-order chi connectivity index (χ0) is 12.2. The monoisotopic (exact) mass is 246 g/mol. The highest BCUT2D eigenvalue weighted by Crippen LogP contribution is 2.28. The Bertz CT molecular complexity index is 360. The molecule has 1 saturated carbocycles. The minimum absolute atomic E-state index is 0.0343. The Morgan fingerprint density at radius 2 is 2.19 bits per heavy atom. The van der Waals surface area contributed by atoms with Crippen molar-refractivity contribution in [1.29, 1.82) is 0 Å². The summed E-state index contributed by atoms with van der Waals surface area (Å²) in [7, 11) is -3.22. The number of carbonyl (C=O) groups excluding carboxylic acids is 1. The minimum Gasteiger partial charge on any atom is -0.355 e. The third kappa shape index (κ3) is 4.32. The fraction of sp³-hybridized carbons (Fsp3) is 0.700. The van der Waals surface area contributed by atoms with Crippen LogP contribution >= 0.6 is 0 Å². The number of carbonyl (C=O) groups is 1. The van der Waals surface area contributed by atoms with Crippen LogP contribution in [0, 0.1) is 5.92 Å². The van der Waals surface area contributed by atoms with Crippen molar-refractivity contribution in [2.24, 2.45) is 5.92 Å². The molecule has 92 valence electrons. The fourth-order valence-electron chi connectivity index (χ4n) is 1.33. The van der Waals surface area contributed by atoms with Gasteiger partial charge in [0.25, 0.3) is 0 Å². The van der Waals surface area contributed by atoms with Gasteiger partial charge in [0.2, 0.25) is 15.9 Å². The average molecular weight is 246 g/mol. The van der Waals surface area contributed by atoms with Gasteiger partial charge in [0.1, 0.15) is 0 Å². The number of sulfonamides is 1. The summed E-state index contributed by atoms with van der Waals surface area (Å²) in [6.45, 7) is 4.43. The van der Waals surface area contributed by atoms with Gasteiger partial charge in [-0.15, -0.1) is 6.58 Å². The van der Waals surface area contributed by atoms with Gasteiger partial charge in [-0.2, -0.15) is 4.31 Å². The van der Waals surface area contributed by atoms with E-state index in [1.807, 2.05) is 0 Å². The number of nitrogens with zero attached hydrogens (tertiary/aromatic N) is 1. The van der Waals surface area contributed by atoms with Crippen molar-refractivity contribution in [1.82, 2.24) is 9.62 Å². The molecule has 5 nitrogen and oxygen atoms in total. The predicted octanol–water partition coefficient (Wildman–Crippen LogP) is -0.0398. The summed E-state index contributed by atoms with van der Waals surface area (Å²) in [5.41, 5.74) is 0. The Labute approximate surface area is 96.6 Å². The van der Waals surface area contributed by atoms with Crippen LogP contribution in [0.5, 0.6) is 0 Å². The van der Waals surface area contributed by atoms with Crippen molar-refractivity contribution in [3.8, 4) is 0 Å². The van der Waals surface area contributed by atoms with E-state index in [1.165, 1.54) is 10.4 Å². The second-order valence-corrected chi connectivity index (χ2v) is 5.96. The van der Waals surface area contributed by atoms with Crippen molar-refractivity contribution in [3.05, 3.63) is 12.7 Å². The van der Waals surface area contributed by atoms with E-state index in [1.54, 1.807) is 0 Å². The van der Waals surface area contributed by atoms with Crippen molar-refractivity contribution in [2.75, 3.05) is 25.9 Å². The van der Waals surface area contributed by atoms with Crippen LogP contribution in [0.25, 0.3) is 0 Å². The van der Waals surface area contributed by atoms with Crippen LogP contribution in [0.2, 0.25) is 0 Å². The second kappa shape index (κ2) is 5.45. The van der Waals surface area contributed by atoms with E-state index in [0.717, 1.165) is 19.1 Å². The highest BCUT2D eigenvalue weighted by Gasteiger charge is 2.29. The Morgan fingerprint density at radius 1 is 1.56 bits per heavy atom. The SMILES string of the molecule is C=CCN(CCNC(=O)C1CC1)S(C)(=O)=O. The van der Waals surface area contributed by atoms with Gasteiger partial charge in [-0.1, -0.05) is 6.08 Å². The Morgan fingerprint density at radius 3 is 2.62 bits per heavy atom. The summed E-state index contributed by atoms with van der Waals surface area (Å²) in [6, 6.07) is 0. The first-order valence-corrected chi connectivity index (χ1v) is 7.13. The van der Waals surface area contributed by atoms with Crippen LogP contribution in [-0.4, -0.2) is 44.5 Å². The lowest BCUT2D eigenvalue weighted by Crippen LogP contribution is -2.38. The molecule has 1 aliphatic rings. The zero-order valence-corrected chi connectivity index (χ0v) is 10.3. The zero-order valence-electron chi connectivity index (χ0n) is 9.48. The van der Waals surface area contributed by atoms with Gasteiger partial charge in [0, 0.05) is 25.6 Å². The molecule has 1 aliphatic carbocycles. The van der Waals surface area contributed by atoms with Crippen LogP contribution in [0.4, 0.5) is 0 Å². The molecule has 6 heteroatoms. The Hall–Kier alpha value is -0.880. The maximum atomic E-state index is 11.3. The molecule has 0 atom stereocenters. The molecule has 0 aromatic heterocycles. The standard InChI is InChI=1S/C10H18N2O3S/c1-3-7-12(16(2,14)15)8-6-11-10(13)9-4-5-9/h3,9H,1,4-8H2,2H3,(H,11,13). The second-order valence-electron chi connectivity index (χ2n) is 3.97. The highest BCUT2D eigenvalue weighted by atomic mass is 32.2. The normalized spacial score (nSPS) is 16.1. The van der Waals surface area contributed by atoms with E-state index in [-0.39, 0.29) is 18.4 Å². The van der Waals surface area contributed by atoms with Gasteiger partial charge < -0.3 is 5.32 Å². The quantitative estimate of drug-likeness (QED) is 0.641. The molecule has 1 fully saturated rings. The summed E-state index contributed by atoms with van der Waals surface area (Å²) >= 11 is 0. The van der Waals surface area contributed by atoms with Crippen LogP contribution in [-0.2, 0) is 14.8 Å². The summed E-state index contributed by atoms with van der Waals surface area (Å²) in [4.78, 5) is 11.3. The number of amides is 1. The van der Waals surface area contributed by atoms with Crippen molar-refractivity contribution in [3.63, 3.8) is 0 Å². The highest BCUT2D eigenvalue weighted by molar-refractivity contribution is 7.88. The molecule has 1 N–H and O–H groups in total. The lowest BCUT2D eigenvalue weighted by Gasteiger charge is -2.18. The van der Waals surface area contributed by atoms with E-state index in [2.05, 4.69) is 11.9 Å². The molecule has 0 heterocycles. The third-order valence-electron chi connectivity index (χ3n) is 2.41. The maximum absolute atomic E-state index is 11.3. The summed E-state index contributed by atoms with van der Waals surface area (Å²) in [5, 5.41) is 2.73. The molecule has 0 radical (unpaired) electrons. The van der Waals surface area contributed by atoms with E-state index >= 15 is 0 Å². The topological polar surface area (TPSA) is 66.5 Å². The van der Waals surface area contributed by atoms with E-state index in [9.17, 15) is 13.2 Å². The van der Waals surface area contributed by atoms with E-state index in [0.29, 0.717) is 13.1 Å². The molecule has 16 heavy (non-hydrogen) atoms. The van der Waals surface area contributed by atoms with Crippen LogP contribution in [0.15, 0.2) is 12.7 Å². The van der Waals surface area contributed by atoms with Gasteiger partial charge >= 0.3 is 0 Å². The van der Waals surface area contributed by atoms with E-state index in [4.69, 9.17) is 0 Å². The van der Waals surface area contributed by atoms with Crippen LogP contribution < -0.4 is 5.32 Å². The molecular formula is C10H18N2O3S. The predicted molar refractivity (Wildman–Crippen MR) is 62.3 cm³/mol. The maximum Gasteiger partial charge on any atom is 0.223 e. The third-order valence-corrected chi connectivity index (χ3v) is 3.68. The first kappa shape index (κ1) is 13.2. The molecule has 0 aliphatic heterocycles. The fourth-order valence-corrected chi connectivity index (χ4v) is 2.13. The lowest BCUT2D eigenvalue weighted by atomic mass is 10.4. The molecule has 0 saturated heterocycles. The average Bonchev–Trinajstić information content (AvgIpc) is 2.97. The number of rotatable bonds is 7. The van der Waals surface area contributed by atoms with Crippen molar-refractivity contribution >= 4 is 15.9 Å². The molecule has 0 spiro atoms. The van der Waals surface area contributed by atoms with Crippen molar-refractivity contribution in [2.45, 2.75) is 12.8 Å². The molecule has 1 amide bonds. The van der Waals surface area contributed by atoms with Crippen molar-refractivity contribution < 1.29 is 13.2 Å². The molecular weight excluding hydrogens is 228 g/mol. The summed E-state index contributed by atoms with van der Waals surface area (Å²) in [5.74, 6) is 0.193. The minimum atomic E-state index is -3.22. The van der Waals surface area contributed by atoms with Gasteiger partial charge in [-0.25, -0.2) is 8.42 Å². The van der Waals surface area contributed by atoms with Gasteiger partial charge in [0.15, 0.2) is 0 Å². The van der Waals surface area contributed by atoms with Crippen LogP contribution in [0.3, 0.4) is 0 Å². The largest absolute Gasteiger partial charge is 0.355 e. The first-order chi connectivity index (χ1) is 7.45. The Kier molecular flexibility index (Phi) is 4.49. The molecule has 0 bridgehead atoms. The summed E-state index contributed by atoms with van der Waals surface area (Å²) in [6.07, 6.45) is 4.59. The molecule has 1 rings (SSSR count). The number of nitrogens with one attached hydrogen (secondary N) is 1. The molecule has 0 unspecified atom stereocenters. The van der Waals surface area contributed by atoms with Gasteiger partial charge in [-0.05, 0) is 12.8 Å². The molecule has 0 aromatic rings. The Balaban J connectivity index is 2.32. The van der Waals surface area contributed by atoms with E-state index < -0.39 is 10.0 Å². The van der Waals surface area contributed by atoms with Gasteiger partial charge in [0.05, 0.1) is 6.26 Å².